The molecule has 0 aromatic rings. The fourth-order valence-electron chi connectivity index (χ4n) is 3.03. The number of carbonyl (C=O) groups excluding carboxylic acids is 1. The molecule has 2 aliphatic heterocycles. The number of carboxylic acid groups (broad SMARTS) is 1. The van der Waals surface area contributed by atoms with Gasteiger partial charge in [-0.3, -0.25) is 4.79 Å². The highest BCUT2D eigenvalue weighted by atomic mass is 16.6. The van der Waals surface area contributed by atoms with Crippen LogP contribution in [0.25, 0.3) is 0 Å². The Kier molecular flexibility index (Phi) is 4.22. The van der Waals surface area contributed by atoms with Crippen molar-refractivity contribution in [1.82, 2.24) is 4.90 Å². The largest absolute Gasteiger partial charge is 0.481 e. The number of fused-ring (bicyclic) bond motifs is 2. The minimum absolute atomic E-state index is 0.0890. The van der Waals surface area contributed by atoms with Crippen LogP contribution in [0, 0.1) is 17.8 Å². The van der Waals surface area contributed by atoms with Gasteiger partial charge in [-0.25, -0.2) is 4.79 Å². The SMILES string of the molecule is CC(C)(C)OC(=O)N1CC2COCC(C1)C2CC(=O)O. The monoisotopic (exact) mass is 285 g/mol. The molecule has 2 heterocycles. The van der Waals surface area contributed by atoms with Crippen molar-refractivity contribution in [2.45, 2.75) is 32.8 Å². The number of ether oxygens (including phenoxy) is 2. The molecule has 0 aromatic heterocycles. The van der Waals surface area contributed by atoms with E-state index < -0.39 is 11.6 Å². The standard InChI is InChI=1S/C14H23NO5/c1-14(2,3)20-13(18)15-5-9-7-19-8-10(6-15)11(9)4-12(16)17/h9-11H,4-8H2,1-3H3,(H,16,17). The molecule has 2 atom stereocenters. The Bertz CT molecular complexity index is 376. The van der Waals surface area contributed by atoms with Gasteiger partial charge in [-0.2, -0.15) is 0 Å². The van der Waals surface area contributed by atoms with Gasteiger partial charge >= 0.3 is 12.1 Å². The lowest BCUT2D eigenvalue weighted by atomic mass is 9.75. The normalized spacial score (nSPS) is 29.9. The van der Waals surface area contributed by atoms with Crippen LogP contribution in [0.15, 0.2) is 0 Å². The van der Waals surface area contributed by atoms with Crippen LogP contribution in [0.2, 0.25) is 0 Å². The van der Waals surface area contributed by atoms with E-state index in [1.54, 1.807) is 4.90 Å². The average molecular weight is 285 g/mol. The van der Waals surface area contributed by atoms with Crippen molar-refractivity contribution in [1.29, 1.82) is 0 Å². The molecule has 2 rings (SSSR count). The van der Waals surface area contributed by atoms with Crippen LogP contribution >= 0.6 is 0 Å². The van der Waals surface area contributed by atoms with Crippen LogP contribution in [0.3, 0.4) is 0 Å². The second-order valence-corrected chi connectivity index (χ2v) is 6.70. The predicted molar refractivity (Wildman–Crippen MR) is 71.3 cm³/mol. The van der Waals surface area contributed by atoms with Gasteiger partial charge in [0.15, 0.2) is 0 Å². The Morgan fingerprint density at radius 1 is 1.25 bits per heavy atom. The highest BCUT2D eigenvalue weighted by Gasteiger charge is 2.43. The lowest BCUT2D eigenvalue weighted by molar-refractivity contribution is -0.143. The Labute approximate surface area is 119 Å². The van der Waals surface area contributed by atoms with Gasteiger partial charge in [-0.15, -0.1) is 0 Å². The van der Waals surface area contributed by atoms with Crippen molar-refractivity contribution in [3.05, 3.63) is 0 Å². The average Bonchev–Trinajstić information content (AvgIpc) is 2.24. The lowest BCUT2D eigenvalue weighted by Gasteiger charge is -2.46. The molecule has 0 radical (unpaired) electrons. The van der Waals surface area contributed by atoms with E-state index in [0.29, 0.717) is 26.3 Å². The van der Waals surface area contributed by atoms with Crippen molar-refractivity contribution in [3.8, 4) is 0 Å². The molecule has 0 aliphatic carbocycles. The van der Waals surface area contributed by atoms with Gasteiger partial charge in [0.1, 0.15) is 5.60 Å². The fourth-order valence-corrected chi connectivity index (χ4v) is 3.03. The van der Waals surface area contributed by atoms with E-state index in [4.69, 9.17) is 14.6 Å². The Balaban J connectivity index is 2.01. The van der Waals surface area contributed by atoms with Gasteiger partial charge in [-0.05, 0) is 26.7 Å². The second kappa shape index (κ2) is 5.60. The fraction of sp³-hybridized carbons (Fsp3) is 0.857. The van der Waals surface area contributed by atoms with Gasteiger partial charge in [0, 0.05) is 31.3 Å². The van der Waals surface area contributed by atoms with Gasteiger partial charge in [0.25, 0.3) is 0 Å². The molecule has 2 bridgehead atoms. The predicted octanol–water partition coefficient (Wildman–Crippen LogP) is 1.59. The van der Waals surface area contributed by atoms with Gasteiger partial charge < -0.3 is 19.5 Å². The van der Waals surface area contributed by atoms with Crippen molar-refractivity contribution in [2.24, 2.45) is 17.8 Å². The van der Waals surface area contributed by atoms with Crippen molar-refractivity contribution in [2.75, 3.05) is 26.3 Å². The van der Waals surface area contributed by atoms with Crippen LogP contribution in [0.4, 0.5) is 4.79 Å². The summed E-state index contributed by atoms with van der Waals surface area (Å²) in [5.74, 6) is -0.505. The van der Waals surface area contributed by atoms with Crippen LogP contribution in [-0.2, 0) is 14.3 Å². The number of carbonyl (C=O) groups is 2. The Morgan fingerprint density at radius 2 is 1.80 bits per heavy atom. The van der Waals surface area contributed by atoms with E-state index in [2.05, 4.69) is 0 Å². The van der Waals surface area contributed by atoms with E-state index in [9.17, 15) is 9.59 Å². The summed E-state index contributed by atoms with van der Waals surface area (Å²) in [5.41, 5.74) is -0.513. The zero-order valence-corrected chi connectivity index (χ0v) is 12.3. The van der Waals surface area contributed by atoms with Gasteiger partial charge in [0.2, 0.25) is 0 Å². The number of amides is 1. The first kappa shape index (κ1) is 15.1. The molecule has 0 spiro atoms. The molecule has 20 heavy (non-hydrogen) atoms. The van der Waals surface area contributed by atoms with Crippen molar-refractivity contribution < 1.29 is 24.2 Å². The zero-order chi connectivity index (χ0) is 14.9. The van der Waals surface area contributed by atoms with E-state index in [1.807, 2.05) is 20.8 Å². The van der Waals surface area contributed by atoms with Crippen LogP contribution in [-0.4, -0.2) is 54.0 Å². The zero-order valence-electron chi connectivity index (χ0n) is 12.3. The molecule has 2 aliphatic rings. The maximum absolute atomic E-state index is 12.1. The maximum atomic E-state index is 12.1. The highest BCUT2D eigenvalue weighted by Crippen LogP contribution is 2.36. The Morgan fingerprint density at radius 3 is 2.25 bits per heavy atom. The molecule has 2 unspecified atom stereocenters. The number of likely N-dealkylation sites (tertiary alicyclic amines) is 1. The lowest BCUT2D eigenvalue weighted by Crippen LogP contribution is -2.55. The quantitative estimate of drug-likeness (QED) is 0.833. The molecule has 1 N–H and O–H groups in total. The minimum Gasteiger partial charge on any atom is -0.481 e. The summed E-state index contributed by atoms with van der Waals surface area (Å²) in [7, 11) is 0. The number of hydrogen-bond acceptors (Lipinski definition) is 4. The molecule has 2 saturated heterocycles. The van der Waals surface area contributed by atoms with Gasteiger partial charge in [0.05, 0.1) is 13.2 Å². The first-order valence-corrected chi connectivity index (χ1v) is 7.03. The summed E-state index contributed by atoms with van der Waals surface area (Å²) < 4.78 is 10.9. The molecule has 1 amide bonds. The van der Waals surface area contributed by atoms with Crippen molar-refractivity contribution in [3.63, 3.8) is 0 Å². The number of carboxylic acids is 1. The molecular weight excluding hydrogens is 262 g/mol. The first-order chi connectivity index (χ1) is 9.26. The number of hydrogen-bond donors (Lipinski definition) is 1. The molecule has 0 saturated carbocycles. The highest BCUT2D eigenvalue weighted by molar-refractivity contribution is 5.69. The number of piperidine rings is 1. The molecule has 2 fully saturated rings. The third-order valence-electron chi connectivity index (χ3n) is 3.85. The maximum Gasteiger partial charge on any atom is 0.410 e. The molecule has 6 nitrogen and oxygen atoms in total. The Hall–Kier alpha value is -1.30. The van der Waals surface area contributed by atoms with E-state index >= 15 is 0 Å². The van der Waals surface area contributed by atoms with Gasteiger partial charge in [-0.1, -0.05) is 0 Å². The van der Waals surface area contributed by atoms with Crippen LogP contribution in [0.1, 0.15) is 27.2 Å². The van der Waals surface area contributed by atoms with Crippen molar-refractivity contribution >= 4 is 12.1 Å². The van der Waals surface area contributed by atoms with Crippen LogP contribution in [0.5, 0.6) is 0 Å². The number of aliphatic carboxylic acids is 1. The van der Waals surface area contributed by atoms with E-state index in [1.165, 1.54) is 0 Å². The van der Waals surface area contributed by atoms with E-state index in [0.717, 1.165) is 0 Å². The number of nitrogens with zero attached hydrogens (tertiary/aromatic N) is 1. The summed E-state index contributed by atoms with van der Waals surface area (Å²) in [6.45, 7) is 7.60. The third kappa shape index (κ3) is 3.62. The molecular formula is C14H23NO5. The molecule has 0 aromatic carbocycles. The van der Waals surface area contributed by atoms with E-state index in [-0.39, 0.29) is 30.3 Å². The second-order valence-electron chi connectivity index (χ2n) is 6.70. The third-order valence-corrected chi connectivity index (χ3v) is 3.85. The summed E-state index contributed by atoms with van der Waals surface area (Å²) in [6.07, 6.45) is -0.163. The first-order valence-electron chi connectivity index (χ1n) is 7.03. The van der Waals surface area contributed by atoms with Crippen LogP contribution < -0.4 is 0 Å². The number of rotatable bonds is 2. The summed E-state index contributed by atoms with van der Waals surface area (Å²) in [5, 5.41) is 9.00. The summed E-state index contributed by atoms with van der Waals surface area (Å²) in [6, 6.07) is 0. The topological polar surface area (TPSA) is 76.1 Å². The summed E-state index contributed by atoms with van der Waals surface area (Å²) >= 11 is 0. The minimum atomic E-state index is -0.780. The smallest absolute Gasteiger partial charge is 0.410 e. The molecule has 6 heteroatoms. The summed E-state index contributed by atoms with van der Waals surface area (Å²) in [4.78, 5) is 24.8. The molecule has 114 valence electrons.